The quantitative estimate of drug-likeness (QED) is 0.480. The average Bonchev–Trinajstić information content (AvgIpc) is 2.55. The van der Waals surface area contributed by atoms with Gasteiger partial charge in [0, 0.05) is 25.2 Å². The van der Waals surface area contributed by atoms with Gasteiger partial charge < -0.3 is 15.7 Å². The highest BCUT2D eigenvalue weighted by atomic mass is 16.3. The molecule has 4 heteroatoms. The number of carbonyl (C=O) groups is 1. The first-order chi connectivity index (χ1) is 11.1. The van der Waals surface area contributed by atoms with E-state index in [0.29, 0.717) is 18.5 Å². The fourth-order valence-corrected chi connectivity index (χ4v) is 2.72. The molecule has 0 saturated carbocycles. The van der Waals surface area contributed by atoms with Crippen LogP contribution in [-0.2, 0) is 4.79 Å². The zero-order valence-corrected chi connectivity index (χ0v) is 14.6. The van der Waals surface area contributed by atoms with Crippen LogP contribution in [-0.4, -0.2) is 29.0 Å². The summed E-state index contributed by atoms with van der Waals surface area (Å²) in [6, 6.07) is 7.22. The number of rotatable bonds is 11. The highest BCUT2D eigenvalue weighted by Gasteiger charge is 2.15. The van der Waals surface area contributed by atoms with Crippen molar-refractivity contribution < 1.29 is 9.90 Å². The minimum atomic E-state index is -0.634. The summed E-state index contributed by atoms with van der Waals surface area (Å²) < 4.78 is 0. The summed E-state index contributed by atoms with van der Waals surface area (Å²) in [4.78, 5) is 14.2. The average molecular weight is 320 g/mol. The van der Waals surface area contributed by atoms with Crippen molar-refractivity contribution in [1.82, 2.24) is 4.90 Å². The summed E-state index contributed by atoms with van der Waals surface area (Å²) in [5.74, 6) is 0.131. The predicted molar refractivity (Wildman–Crippen MR) is 96.1 cm³/mol. The topological polar surface area (TPSA) is 66.6 Å². The second-order valence-corrected chi connectivity index (χ2v) is 6.11. The van der Waals surface area contributed by atoms with Crippen molar-refractivity contribution in [3.05, 3.63) is 29.8 Å². The molecule has 1 unspecified atom stereocenters. The monoisotopic (exact) mass is 320 g/mol. The molecule has 0 aliphatic rings. The number of anilines is 1. The van der Waals surface area contributed by atoms with Crippen LogP contribution in [0, 0.1) is 0 Å². The van der Waals surface area contributed by atoms with Gasteiger partial charge in [0.05, 0.1) is 6.10 Å². The number of nitrogens with zero attached hydrogens (tertiary/aromatic N) is 1. The fourth-order valence-electron chi connectivity index (χ4n) is 2.72. The van der Waals surface area contributed by atoms with Crippen LogP contribution in [0.25, 0.3) is 0 Å². The van der Waals surface area contributed by atoms with Gasteiger partial charge in [0.1, 0.15) is 0 Å². The zero-order chi connectivity index (χ0) is 17.1. The number of aliphatic hydroxyl groups excluding tert-OH is 1. The number of nitrogens with two attached hydrogens (primary N) is 1. The van der Waals surface area contributed by atoms with Gasteiger partial charge in [-0.2, -0.15) is 0 Å². The Kier molecular flexibility index (Phi) is 9.37. The number of nitrogen functional groups attached to an aromatic ring is 1. The molecule has 0 aromatic heterocycles. The fraction of sp³-hybridized carbons (Fsp3) is 0.632. The van der Waals surface area contributed by atoms with Gasteiger partial charge in [-0.15, -0.1) is 0 Å². The van der Waals surface area contributed by atoms with E-state index in [2.05, 4.69) is 6.92 Å². The van der Waals surface area contributed by atoms with Crippen molar-refractivity contribution >= 4 is 11.6 Å². The first-order valence-corrected chi connectivity index (χ1v) is 8.89. The SMILES string of the molecule is CCCCCCCN(CC)C(=O)CCC(O)c1cccc(N)c1. The Balaban J connectivity index is 2.35. The molecule has 4 nitrogen and oxygen atoms in total. The molecule has 1 aromatic carbocycles. The molecular formula is C19H32N2O2. The van der Waals surface area contributed by atoms with Gasteiger partial charge in [-0.1, -0.05) is 44.7 Å². The second-order valence-electron chi connectivity index (χ2n) is 6.11. The maximum atomic E-state index is 12.3. The van der Waals surface area contributed by atoms with E-state index >= 15 is 0 Å². The van der Waals surface area contributed by atoms with Crippen LogP contribution in [0.4, 0.5) is 5.69 Å². The van der Waals surface area contributed by atoms with E-state index < -0.39 is 6.10 Å². The van der Waals surface area contributed by atoms with Crippen LogP contribution >= 0.6 is 0 Å². The summed E-state index contributed by atoms with van der Waals surface area (Å²) in [5, 5.41) is 10.2. The zero-order valence-electron chi connectivity index (χ0n) is 14.6. The van der Waals surface area contributed by atoms with E-state index in [1.807, 2.05) is 24.0 Å². The molecule has 1 amide bonds. The van der Waals surface area contributed by atoms with E-state index in [1.54, 1.807) is 12.1 Å². The minimum absolute atomic E-state index is 0.131. The van der Waals surface area contributed by atoms with Gasteiger partial charge >= 0.3 is 0 Å². The van der Waals surface area contributed by atoms with Crippen molar-refractivity contribution in [2.24, 2.45) is 0 Å². The van der Waals surface area contributed by atoms with Crippen molar-refractivity contribution in [3.63, 3.8) is 0 Å². The molecule has 3 N–H and O–H groups in total. The molecule has 0 aliphatic heterocycles. The number of amides is 1. The normalized spacial score (nSPS) is 12.1. The maximum absolute atomic E-state index is 12.3. The molecule has 1 aromatic rings. The molecule has 0 aliphatic carbocycles. The Morgan fingerprint density at radius 2 is 1.96 bits per heavy atom. The smallest absolute Gasteiger partial charge is 0.222 e. The van der Waals surface area contributed by atoms with Crippen molar-refractivity contribution in [1.29, 1.82) is 0 Å². The molecule has 0 spiro atoms. The third-order valence-electron chi connectivity index (χ3n) is 4.19. The van der Waals surface area contributed by atoms with Crippen LogP contribution in [0.15, 0.2) is 24.3 Å². The van der Waals surface area contributed by atoms with Crippen LogP contribution in [0.3, 0.4) is 0 Å². The first kappa shape index (κ1) is 19.5. The Morgan fingerprint density at radius 1 is 1.22 bits per heavy atom. The molecule has 130 valence electrons. The molecule has 23 heavy (non-hydrogen) atoms. The molecule has 0 heterocycles. The van der Waals surface area contributed by atoms with E-state index in [0.717, 1.165) is 25.1 Å². The van der Waals surface area contributed by atoms with Gasteiger partial charge in [0.2, 0.25) is 5.91 Å². The lowest BCUT2D eigenvalue weighted by Crippen LogP contribution is -2.31. The van der Waals surface area contributed by atoms with Crippen molar-refractivity contribution in [2.45, 2.75) is 64.9 Å². The van der Waals surface area contributed by atoms with E-state index in [9.17, 15) is 9.90 Å². The maximum Gasteiger partial charge on any atom is 0.222 e. The number of unbranched alkanes of at least 4 members (excludes halogenated alkanes) is 4. The molecule has 0 bridgehead atoms. The molecule has 0 fully saturated rings. The van der Waals surface area contributed by atoms with Gasteiger partial charge in [-0.05, 0) is 37.5 Å². The summed E-state index contributed by atoms with van der Waals surface area (Å²) >= 11 is 0. The lowest BCUT2D eigenvalue weighted by molar-refractivity contribution is -0.131. The van der Waals surface area contributed by atoms with E-state index in [4.69, 9.17) is 5.73 Å². The lowest BCUT2D eigenvalue weighted by Gasteiger charge is -2.21. The standard InChI is InChI=1S/C19H32N2O2/c1-3-5-6-7-8-14-21(4-2)19(23)13-12-18(22)16-10-9-11-17(20)15-16/h9-11,15,18,22H,3-8,12-14,20H2,1-2H3. The van der Waals surface area contributed by atoms with Gasteiger partial charge in [-0.3, -0.25) is 4.79 Å². The third-order valence-corrected chi connectivity index (χ3v) is 4.19. The Labute approximate surface area is 140 Å². The molecule has 1 rings (SSSR count). The minimum Gasteiger partial charge on any atom is -0.399 e. The van der Waals surface area contributed by atoms with Crippen LogP contribution < -0.4 is 5.73 Å². The van der Waals surface area contributed by atoms with Crippen LogP contribution in [0.1, 0.15) is 70.5 Å². The number of benzene rings is 1. The van der Waals surface area contributed by atoms with Gasteiger partial charge in [-0.25, -0.2) is 0 Å². The number of carbonyl (C=O) groups excluding carboxylic acids is 1. The molecule has 0 radical (unpaired) electrons. The summed E-state index contributed by atoms with van der Waals surface area (Å²) in [5.41, 5.74) is 7.14. The van der Waals surface area contributed by atoms with Gasteiger partial charge in [0.25, 0.3) is 0 Å². The number of hydrogen-bond acceptors (Lipinski definition) is 3. The largest absolute Gasteiger partial charge is 0.399 e. The predicted octanol–water partition coefficient (Wildman–Crippen LogP) is 3.90. The second kappa shape index (κ2) is 11.1. The summed E-state index contributed by atoms with van der Waals surface area (Å²) in [7, 11) is 0. The summed E-state index contributed by atoms with van der Waals surface area (Å²) in [6.45, 7) is 5.78. The molecule has 0 saturated heterocycles. The van der Waals surface area contributed by atoms with E-state index in [1.165, 1.54) is 25.7 Å². The van der Waals surface area contributed by atoms with Gasteiger partial charge in [0.15, 0.2) is 0 Å². The van der Waals surface area contributed by atoms with Crippen LogP contribution in [0.2, 0.25) is 0 Å². The lowest BCUT2D eigenvalue weighted by atomic mass is 10.0. The van der Waals surface area contributed by atoms with Crippen molar-refractivity contribution in [3.8, 4) is 0 Å². The Bertz CT molecular complexity index is 462. The number of hydrogen-bond donors (Lipinski definition) is 2. The molecular weight excluding hydrogens is 288 g/mol. The van der Waals surface area contributed by atoms with E-state index in [-0.39, 0.29) is 5.91 Å². The van der Waals surface area contributed by atoms with Crippen molar-refractivity contribution in [2.75, 3.05) is 18.8 Å². The number of aliphatic hydroxyl groups is 1. The Hall–Kier alpha value is -1.55. The Morgan fingerprint density at radius 3 is 2.61 bits per heavy atom. The summed E-state index contributed by atoms with van der Waals surface area (Å²) in [6.07, 6.45) is 6.18. The highest BCUT2D eigenvalue weighted by molar-refractivity contribution is 5.76. The highest BCUT2D eigenvalue weighted by Crippen LogP contribution is 2.20. The van der Waals surface area contributed by atoms with Crippen LogP contribution in [0.5, 0.6) is 0 Å². The molecule has 1 atom stereocenters. The first-order valence-electron chi connectivity index (χ1n) is 8.89. The third kappa shape index (κ3) is 7.51.